The summed E-state index contributed by atoms with van der Waals surface area (Å²) in [6.45, 7) is 0. The summed E-state index contributed by atoms with van der Waals surface area (Å²) in [5.74, 6) is 2.82. The van der Waals surface area contributed by atoms with Crippen LogP contribution in [0.2, 0.25) is 0 Å². The lowest BCUT2D eigenvalue weighted by molar-refractivity contribution is 0.333. The van der Waals surface area contributed by atoms with Crippen molar-refractivity contribution in [3.8, 4) is 0 Å². The molecule has 1 saturated carbocycles. The molecule has 1 heterocycles. The van der Waals surface area contributed by atoms with E-state index in [2.05, 4.69) is 30.5 Å². The minimum atomic E-state index is 0.717. The van der Waals surface area contributed by atoms with E-state index < -0.39 is 0 Å². The van der Waals surface area contributed by atoms with E-state index in [1.165, 1.54) is 47.1 Å². The molecule has 0 aromatic heterocycles. The Morgan fingerprint density at radius 2 is 2.06 bits per heavy atom. The molecule has 0 N–H and O–H groups in total. The van der Waals surface area contributed by atoms with Crippen LogP contribution in [0.15, 0.2) is 34.2 Å². The second kappa shape index (κ2) is 5.70. The molecule has 96 valence electrons. The molecule has 1 nitrogen and oxygen atoms in total. The number of rotatable bonds is 0. The number of aliphatic imine (C=N–C) groups is 1. The first-order chi connectivity index (χ1) is 8.88. The van der Waals surface area contributed by atoms with Crippen molar-refractivity contribution in [2.75, 3.05) is 12.0 Å². The lowest BCUT2D eigenvalue weighted by atomic mass is 9.81. The summed E-state index contributed by atoms with van der Waals surface area (Å²) in [6, 6.07) is 8.59. The monoisotopic (exact) mass is 277 g/mol. The molecule has 0 bridgehead atoms. The van der Waals surface area contributed by atoms with Crippen LogP contribution in [0.1, 0.15) is 25.7 Å². The molecule has 1 aromatic rings. The fourth-order valence-corrected chi connectivity index (χ4v) is 5.03. The molecule has 0 spiro atoms. The SMILES string of the molecule is CSC1=Nc2ccccc2SCC2CCCCC12. The maximum atomic E-state index is 4.96. The number of benzene rings is 1. The fourth-order valence-electron chi connectivity index (χ4n) is 3.00. The van der Waals surface area contributed by atoms with Gasteiger partial charge in [-0.25, -0.2) is 4.99 Å². The van der Waals surface area contributed by atoms with Gasteiger partial charge < -0.3 is 0 Å². The summed E-state index contributed by atoms with van der Waals surface area (Å²) in [7, 11) is 0. The van der Waals surface area contributed by atoms with Crippen molar-refractivity contribution in [2.45, 2.75) is 30.6 Å². The first kappa shape index (κ1) is 12.6. The zero-order valence-electron chi connectivity index (χ0n) is 10.8. The normalized spacial score (nSPS) is 27.5. The molecule has 2 unspecified atom stereocenters. The van der Waals surface area contributed by atoms with Crippen molar-refractivity contribution < 1.29 is 0 Å². The summed E-state index contributed by atoms with van der Waals surface area (Å²) in [4.78, 5) is 6.32. The summed E-state index contributed by atoms with van der Waals surface area (Å²) < 4.78 is 0. The summed E-state index contributed by atoms with van der Waals surface area (Å²) in [5.41, 5.74) is 1.18. The van der Waals surface area contributed by atoms with Crippen LogP contribution in [0, 0.1) is 11.8 Å². The van der Waals surface area contributed by atoms with Crippen LogP contribution in [-0.2, 0) is 0 Å². The molecular formula is C15H19NS2. The van der Waals surface area contributed by atoms with Crippen LogP contribution < -0.4 is 0 Å². The molecule has 2 atom stereocenters. The zero-order valence-corrected chi connectivity index (χ0v) is 12.4. The number of fused-ring (bicyclic) bond motifs is 2. The molecule has 0 radical (unpaired) electrons. The lowest BCUT2D eigenvalue weighted by Crippen LogP contribution is -2.27. The third-order valence-electron chi connectivity index (χ3n) is 3.98. The highest BCUT2D eigenvalue weighted by molar-refractivity contribution is 8.13. The van der Waals surface area contributed by atoms with Gasteiger partial charge in [0.25, 0.3) is 0 Å². The summed E-state index contributed by atoms with van der Waals surface area (Å²) in [5, 5.41) is 1.37. The van der Waals surface area contributed by atoms with Gasteiger partial charge >= 0.3 is 0 Å². The summed E-state index contributed by atoms with van der Waals surface area (Å²) in [6.07, 6.45) is 7.70. The number of thioether (sulfide) groups is 2. The molecule has 1 aliphatic carbocycles. The van der Waals surface area contributed by atoms with Crippen LogP contribution >= 0.6 is 23.5 Å². The Labute approximate surface area is 118 Å². The molecule has 1 aromatic carbocycles. The molecule has 1 aliphatic heterocycles. The average Bonchev–Trinajstić information content (AvgIpc) is 2.41. The van der Waals surface area contributed by atoms with Gasteiger partial charge in [-0.05, 0) is 37.1 Å². The summed E-state index contributed by atoms with van der Waals surface area (Å²) >= 11 is 3.86. The van der Waals surface area contributed by atoms with E-state index in [1.54, 1.807) is 0 Å². The number of nitrogens with zero attached hydrogens (tertiary/aromatic N) is 1. The van der Waals surface area contributed by atoms with Crippen LogP contribution in [0.4, 0.5) is 5.69 Å². The Kier molecular flexibility index (Phi) is 4.00. The Morgan fingerprint density at radius 3 is 2.94 bits per heavy atom. The fraction of sp³-hybridized carbons (Fsp3) is 0.533. The second-order valence-corrected chi connectivity index (χ2v) is 6.97. The molecule has 3 rings (SSSR count). The maximum Gasteiger partial charge on any atom is 0.0775 e. The smallest absolute Gasteiger partial charge is 0.0775 e. The van der Waals surface area contributed by atoms with Crippen molar-refractivity contribution in [3.63, 3.8) is 0 Å². The Balaban J connectivity index is 2.00. The van der Waals surface area contributed by atoms with Crippen molar-refractivity contribution >= 4 is 34.3 Å². The van der Waals surface area contributed by atoms with E-state index in [0.717, 1.165) is 11.8 Å². The number of hydrogen-bond donors (Lipinski definition) is 0. The Morgan fingerprint density at radius 1 is 1.22 bits per heavy atom. The quantitative estimate of drug-likeness (QED) is 0.662. The van der Waals surface area contributed by atoms with Gasteiger partial charge in [-0.2, -0.15) is 0 Å². The number of hydrogen-bond acceptors (Lipinski definition) is 3. The van der Waals surface area contributed by atoms with Crippen LogP contribution in [0.5, 0.6) is 0 Å². The average molecular weight is 277 g/mol. The van der Waals surface area contributed by atoms with Gasteiger partial charge in [0.15, 0.2) is 0 Å². The molecule has 3 heteroatoms. The van der Waals surface area contributed by atoms with Gasteiger partial charge in [0, 0.05) is 16.6 Å². The van der Waals surface area contributed by atoms with Gasteiger partial charge in [0.2, 0.25) is 0 Å². The minimum absolute atomic E-state index is 0.717. The van der Waals surface area contributed by atoms with Gasteiger partial charge in [0.05, 0.1) is 10.7 Å². The maximum absolute atomic E-state index is 4.96. The molecule has 1 fully saturated rings. The van der Waals surface area contributed by atoms with Crippen molar-refractivity contribution in [3.05, 3.63) is 24.3 Å². The Hall–Kier alpha value is -0.410. The molecule has 0 amide bonds. The largest absolute Gasteiger partial charge is 0.245 e. The first-order valence-corrected chi connectivity index (χ1v) is 8.94. The van der Waals surface area contributed by atoms with Crippen LogP contribution in [-0.4, -0.2) is 17.1 Å². The highest BCUT2D eigenvalue weighted by Gasteiger charge is 2.30. The van der Waals surface area contributed by atoms with Crippen LogP contribution in [0.25, 0.3) is 0 Å². The molecule has 18 heavy (non-hydrogen) atoms. The van der Waals surface area contributed by atoms with Crippen LogP contribution in [0.3, 0.4) is 0 Å². The standard InChI is InChI=1S/C15H19NS2/c1-17-15-12-7-3-2-6-11(12)10-18-14-9-5-4-8-13(14)16-15/h4-5,8-9,11-12H,2-3,6-7,10H2,1H3. The van der Waals surface area contributed by atoms with Crippen molar-refractivity contribution in [1.29, 1.82) is 0 Å². The number of para-hydroxylation sites is 1. The Bertz CT molecular complexity index is 456. The van der Waals surface area contributed by atoms with E-state index in [9.17, 15) is 0 Å². The lowest BCUT2D eigenvalue weighted by Gasteiger charge is -2.33. The van der Waals surface area contributed by atoms with Gasteiger partial charge in [0.1, 0.15) is 0 Å². The minimum Gasteiger partial charge on any atom is -0.245 e. The van der Waals surface area contributed by atoms with Gasteiger partial charge in [-0.3, -0.25) is 0 Å². The predicted octanol–water partition coefficient (Wildman–Crippen LogP) is 4.99. The van der Waals surface area contributed by atoms with E-state index in [-0.39, 0.29) is 0 Å². The van der Waals surface area contributed by atoms with E-state index in [0.29, 0.717) is 0 Å². The van der Waals surface area contributed by atoms with E-state index in [1.807, 2.05) is 23.5 Å². The van der Waals surface area contributed by atoms with E-state index in [4.69, 9.17) is 4.99 Å². The molecule has 2 aliphatic rings. The third kappa shape index (κ3) is 2.48. The zero-order chi connectivity index (χ0) is 12.4. The first-order valence-electron chi connectivity index (χ1n) is 6.73. The predicted molar refractivity (Wildman–Crippen MR) is 83.2 cm³/mol. The van der Waals surface area contributed by atoms with E-state index >= 15 is 0 Å². The van der Waals surface area contributed by atoms with Gasteiger partial charge in [-0.1, -0.05) is 25.0 Å². The third-order valence-corrected chi connectivity index (χ3v) is 6.05. The highest BCUT2D eigenvalue weighted by Crippen LogP contribution is 2.42. The highest BCUT2D eigenvalue weighted by atomic mass is 32.2. The molecular weight excluding hydrogens is 258 g/mol. The topological polar surface area (TPSA) is 12.4 Å². The van der Waals surface area contributed by atoms with Gasteiger partial charge in [-0.15, -0.1) is 23.5 Å². The van der Waals surface area contributed by atoms with Crippen molar-refractivity contribution in [1.82, 2.24) is 0 Å². The second-order valence-electron chi connectivity index (χ2n) is 5.08. The molecule has 0 saturated heterocycles. The van der Waals surface area contributed by atoms with Crippen molar-refractivity contribution in [2.24, 2.45) is 16.8 Å².